The Bertz CT molecular complexity index is 678. The lowest BCUT2D eigenvalue weighted by Gasteiger charge is -2.21. The number of hydrogen-bond acceptors (Lipinski definition) is 4. The van der Waals surface area contributed by atoms with Crippen LogP contribution in [0.1, 0.15) is 39.0 Å². The van der Waals surface area contributed by atoms with E-state index in [1.54, 1.807) is 18.3 Å². The number of aromatic nitrogens is 1. The summed E-state index contributed by atoms with van der Waals surface area (Å²) >= 11 is 6.03. The summed E-state index contributed by atoms with van der Waals surface area (Å²) in [6, 6.07) is 3.75. The molecule has 154 valence electrons. The summed E-state index contributed by atoms with van der Waals surface area (Å²) in [5, 5.41) is 7.20. The van der Waals surface area contributed by atoms with E-state index in [2.05, 4.69) is 20.6 Å². The van der Waals surface area contributed by atoms with E-state index in [1.807, 2.05) is 11.8 Å². The molecule has 0 aromatic carbocycles. The fourth-order valence-corrected chi connectivity index (χ4v) is 3.98. The molecule has 1 atom stereocenters. The molecule has 0 radical (unpaired) electrons. The van der Waals surface area contributed by atoms with Crippen LogP contribution in [0.15, 0.2) is 23.3 Å². The molecule has 1 aromatic rings. The smallest absolute Gasteiger partial charge is 0.232 e. The fourth-order valence-electron chi connectivity index (χ4n) is 3.80. The second kappa shape index (κ2) is 10.5. The van der Waals surface area contributed by atoms with Crippen LogP contribution in [0, 0.1) is 5.92 Å². The van der Waals surface area contributed by atoms with E-state index in [0.29, 0.717) is 30.0 Å². The first kappa shape index (κ1) is 20.7. The van der Waals surface area contributed by atoms with Crippen LogP contribution in [-0.4, -0.2) is 60.6 Å². The molecule has 2 heterocycles. The quantitative estimate of drug-likeness (QED) is 0.412. The van der Waals surface area contributed by atoms with Crippen molar-refractivity contribution in [1.82, 2.24) is 20.5 Å². The third-order valence-electron chi connectivity index (χ3n) is 5.21. The molecule has 0 bridgehead atoms. The number of likely N-dealkylation sites (tertiary alicyclic amines) is 1. The number of aliphatic imine (C=N–C) groups is 1. The van der Waals surface area contributed by atoms with Gasteiger partial charge in [0.05, 0.1) is 6.54 Å². The maximum Gasteiger partial charge on any atom is 0.232 e. The average Bonchev–Trinajstić information content (AvgIpc) is 3.38. The fraction of sp³-hybridized carbons (Fsp3) is 0.650. The standard InChI is InChI=1S/C20H30ClN5O2/c1-2-22-20(24-11-13-28-18-17(21)8-5-10-23-18)25-16-9-12-26(14-16)19(27)15-6-3-4-7-15/h5,8,10,15-16H,2-4,6-7,9,11-14H2,1H3,(H2,22,24,25). The van der Waals surface area contributed by atoms with Gasteiger partial charge in [-0.05, 0) is 38.3 Å². The van der Waals surface area contributed by atoms with Crippen molar-refractivity contribution in [2.24, 2.45) is 10.9 Å². The van der Waals surface area contributed by atoms with Crippen molar-refractivity contribution in [3.8, 4) is 5.88 Å². The Morgan fingerprint density at radius 3 is 2.96 bits per heavy atom. The van der Waals surface area contributed by atoms with Gasteiger partial charge in [-0.2, -0.15) is 0 Å². The molecule has 2 aliphatic rings. The molecule has 0 spiro atoms. The highest BCUT2D eigenvalue weighted by molar-refractivity contribution is 6.31. The van der Waals surface area contributed by atoms with Crippen LogP contribution < -0.4 is 15.4 Å². The SMILES string of the molecule is CCNC(=NCCOc1ncccc1Cl)NC1CCN(C(=O)C2CCCC2)C1. The molecule has 1 saturated heterocycles. The molecule has 2 N–H and O–H groups in total. The third-order valence-corrected chi connectivity index (χ3v) is 5.50. The van der Waals surface area contributed by atoms with Crippen molar-refractivity contribution in [2.45, 2.75) is 45.1 Å². The van der Waals surface area contributed by atoms with Crippen molar-refractivity contribution in [3.63, 3.8) is 0 Å². The molecule has 1 amide bonds. The van der Waals surface area contributed by atoms with E-state index >= 15 is 0 Å². The third kappa shape index (κ3) is 5.74. The van der Waals surface area contributed by atoms with Crippen molar-refractivity contribution in [1.29, 1.82) is 0 Å². The second-order valence-corrected chi connectivity index (χ2v) is 7.70. The molecular formula is C20H30ClN5O2. The molecule has 7 nitrogen and oxygen atoms in total. The van der Waals surface area contributed by atoms with Gasteiger partial charge in [-0.15, -0.1) is 0 Å². The highest BCUT2D eigenvalue weighted by Gasteiger charge is 2.32. The number of halogens is 1. The van der Waals surface area contributed by atoms with Crippen LogP contribution in [0.25, 0.3) is 0 Å². The Hall–Kier alpha value is -2.02. The number of guanidine groups is 1. The molecule has 1 aliphatic heterocycles. The first-order valence-electron chi connectivity index (χ1n) is 10.2. The Labute approximate surface area is 171 Å². The van der Waals surface area contributed by atoms with Gasteiger partial charge in [0.25, 0.3) is 0 Å². The van der Waals surface area contributed by atoms with Crippen LogP contribution in [0.4, 0.5) is 0 Å². The number of pyridine rings is 1. The molecule has 1 unspecified atom stereocenters. The van der Waals surface area contributed by atoms with Gasteiger partial charge in [0.15, 0.2) is 5.96 Å². The van der Waals surface area contributed by atoms with Crippen molar-refractivity contribution >= 4 is 23.5 Å². The number of rotatable bonds is 7. The lowest BCUT2D eigenvalue weighted by Crippen LogP contribution is -2.45. The first-order valence-corrected chi connectivity index (χ1v) is 10.6. The summed E-state index contributed by atoms with van der Waals surface area (Å²) < 4.78 is 5.58. The van der Waals surface area contributed by atoms with E-state index in [-0.39, 0.29) is 12.0 Å². The maximum atomic E-state index is 12.6. The molecule has 1 saturated carbocycles. The number of carbonyl (C=O) groups excluding carboxylic acids is 1. The Kier molecular flexibility index (Phi) is 7.77. The van der Waals surface area contributed by atoms with Crippen LogP contribution >= 0.6 is 11.6 Å². The molecule has 1 aromatic heterocycles. The number of carbonyl (C=O) groups is 1. The minimum Gasteiger partial charge on any atom is -0.475 e. The van der Waals surface area contributed by atoms with Crippen LogP contribution in [0.3, 0.4) is 0 Å². The van der Waals surface area contributed by atoms with Gasteiger partial charge < -0.3 is 20.3 Å². The predicted molar refractivity (Wildman–Crippen MR) is 111 cm³/mol. The number of nitrogens with one attached hydrogen (secondary N) is 2. The number of amides is 1. The van der Waals surface area contributed by atoms with Crippen LogP contribution in [0.2, 0.25) is 5.02 Å². The number of hydrogen-bond donors (Lipinski definition) is 2. The van der Waals surface area contributed by atoms with E-state index in [4.69, 9.17) is 16.3 Å². The van der Waals surface area contributed by atoms with Crippen LogP contribution in [-0.2, 0) is 4.79 Å². The highest BCUT2D eigenvalue weighted by atomic mass is 35.5. The van der Waals surface area contributed by atoms with Gasteiger partial charge in [-0.25, -0.2) is 9.98 Å². The van der Waals surface area contributed by atoms with Gasteiger partial charge in [0.1, 0.15) is 11.6 Å². The summed E-state index contributed by atoms with van der Waals surface area (Å²) in [6.07, 6.45) is 7.08. The molecule has 28 heavy (non-hydrogen) atoms. The number of ether oxygens (including phenoxy) is 1. The highest BCUT2D eigenvalue weighted by Crippen LogP contribution is 2.27. The van der Waals surface area contributed by atoms with Crippen molar-refractivity contribution < 1.29 is 9.53 Å². The van der Waals surface area contributed by atoms with Gasteiger partial charge in [0, 0.05) is 37.8 Å². The van der Waals surface area contributed by atoms with E-state index in [9.17, 15) is 4.79 Å². The molecule has 8 heteroatoms. The lowest BCUT2D eigenvalue weighted by molar-refractivity contribution is -0.134. The zero-order valence-electron chi connectivity index (χ0n) is 16.5. The Morgan fingerprint density at radius 2 is 2.21 bits per heavy atom. The van der Waals surface area contributed by atoms with E-state index < -0.39 is 0 Å². The summed E-state index contributed by atoms with van der Waals surface area (Å²) in [6.45, 7) is 5.26. The zero-order valence-corrected chi connectivity index (χ0v) is 17.2. The van der Waals surface area contributed by atoms with Crippen LogP contribution in [0.5, 0.6) is 5.88 Å². The summed E-state index contributed by atoms with van der Waals surface area (Å²) in [7, 11) is 0. The van der Waals surface area contributed by atoms with Gasteiger partial charge in [-0.1, -0.05) is 24.4 Å². The van der Waals surface area contributed by atoms with Crippen molar-refractivity contribution in [2.75, 3.05) is 32.8 Å². The summed E-state index contributed by atoms with van der Waals surface area (Å²) in [4.78, 5) is 23.3. The molecule has 2 fully saturated rings. The minimum absolute atomic E-state index is 0.231. The molecule has 1 aliphatic carbocycles. The summed E-state index contributed by atoms with van der Waals surface area (Å²) in [5.74, 6) is 1.76. The minimum atomic E-state index is 0.231. The largest absolute Gasteiger partial charge is 0.475 e. The normalized spacial score (nSPS) is 20.4. The monoisotopic (exact) mass is 407 g/mol. The topological polar surface area (TPSA) is 78.9 Å². The summed E-state index contributed by atoms with van der Waals surface area (Å²) in [5.41, 5.74) is 0. The van der Waals surface area contributed by atoms with Gasteiger partial charge in [-0.3, -0.25) is 4.79 Å². The van der Waals surface area contributed by atoms with E-state index in [0.717, 1.165) is 44.9 Å². The number of nitrogens with zero attached hydrogens (tertiary/aromatic N) is 3. The van der Waals surface area contributed by atoms with E-state index in [1.165, 1.54) is 12.8 Å². The molecule has 3 rings (SSSR count). The predicted octanol–water partition coefficient (Wildman–Crippen LogP) is 2.46. The van der Waals surface area contributed by atoms with Gasteiger partial charge >= 0.3 is 0 Å². The first-order chi connectivity index (χ1) is 13.7. The average molecular weight is 408 g/mol. The van der Waals surface area contributed by atoms with Gasteiger partial charge in [0.2, 0.25) is 11.8 Å². The Morgan fingerprint density at radius 1 is 1.39 bits per heavy atom. The lowest BCUT2D eigenvalue weighted by atomic mass is 10.1. The van der Waals surface area contributed by atoms with Crippen molar-refractivity contribution in [3.05, 3.63) is 23.4 Å². The molecular weight excluding hydrogens is 378 g/mol. The second-order valence-electron chi connectivity index (χ2n) is 7.30. The zero-order chi connectivity index (χ0) is 19.8. The Balaban J connectivity index is 1.45. The maximum absolute atomic E-state index is 12.6.